The Balaban J connectivity index is 2.27. The number of esters is 1. The summed E-state index contributed by atoms with van der Waals surface area (Å²) >= 11 is 0. The lowest BCUT2D eigenvalue weighted by Gasteiger charge is -2.21. The summed E-state index contributed by atoms with van der Waals surface area (Å²) in [5.74, 6) is -0.192. The van der Waals surface area contributed by atoms with E-state index in [1.807, 2.05) is 32.0 Å². The van der Waals surface area contributed by atoms with Gasteiger partial charge in [-0.25, -0.2) is 0 Å². The number of nitrogens with zero attached hydrogens (tertiary/aromatic N) is 1. The minimum atomic E-state index is -0.487. The van der Waals surface area contributed by atoms with Crippen LogP contribution in [0.3, 0.4) is 0 Å². The number of hydrogen-bond donors (Lipinski definition) is 1. The van der Waals surface area contributed by atoms with Crippen molar-refractivity contribution in [3.8, 4) is 0 Å². The van der Waals surface area contributed by atoms with Gasteiger partial charge in [0.25, 0.3) is 0 Å². The van der Waals surface area contributed by atoms with Crippen molar-refractivity contribution in [1.29, 1.82) is 0 Å². The van der Waals surface area contributed by atoms with Crippen molar-refractivity contribution in [1.82, 2.24) is 10.3 Å². The zero-order chi connectivity index (χ0) is 12.7. The van der Waals surface area contributed by atoms with E-state index in [9.17, 15) is 4.79 Å². The van der Waals surface area contributed by atoms with E-state index < -0.39 is 5.41 Å². The fourth-order valence-electron chi connectivity index (χ4n) is 1.51. The van der Waals surface area contributed by atoms with Gasteiger partial charge in [0.2, 0.25) is 0 Å². The molecule has 1 aromatic heterocycles. The minimum absolute atomic E-state index is 0.192. The highest BCUT2D eigenvalue weighted by Crippen LogP contribution is 2.15. The molecule has 94 valence electrons. The standard InChI is InChI=1S/C13H20N2O2/c1-13(2,12(16)17-3)10-14-9-7-11-6-4-5-8-15-11/h4-6,8,14H,7,9-10H2,1-3H3. The highest BCUT2D eigenvalue weighted by molar-refractivity contribution is 5.76. The molecule has 0 unspecified atom stereocenters. The molecule has 0 saturated heterocycles. The Morgan fingerprint density at radius 2 is 2.24 bits per heavy atom. The molecule has 0 bridgehead atoms. The maximum atomic E-state index is 11.4. The lowest BCUT2D eigenvalue weighted by molar-refractivity contribution is -0.150. The van der Waals surface area contributed by atoms with Crippen LogP contribution in [0.1, 0.15) is 19.5 Å². The lowest BCUT2D eigenvalue weighted by Crippen LogP contribution is -2.37. The molecule has 1 aromatic rings. The van der Waals surface area contributed by atoms with Gasteiger partial charge in [-0.15, -0.1) is 0 Å². The SMILES string of the molecule is COC(=O)C(C)(C)CNCCc1ccccn1. The summed E-state index contributed by atoms with van der Waals surface area (Å²) in [7, 11) is 1.41. The molecule has 1 rings (SSSR count). The Morgan fingerprint density at radius 1 is 1.47 bits per heavy atom. The Labute approximate surface area is 102 Å². The predicted molar refractivity (Wildman–Crippen MR) is 66.6 cm³/mol. The second-order valence-electron chi connectivity index (χ2n) is 4.62. The van der Waals surface area contributed by atoms with Gasteiger partial charge in [0.1, 0.15) is 0 Å². The average molecular weight is 236 g/mol. The topological polar surface area (TPSA) is 51.2 Å². The molecule has 1 N–H and O–H groups in total. The second kappa shape index (κ2) is 6.35. The van der Waals surface area contributed by atoms with Gasteiger partial charge >= 0.3 is 5.97 Å². The number of rotatable bonds is 6. The first-order valence-electron chi connectivity index (χ1n) is 5.75. The molecule has 0 aliphatic heterocycles. The van der Waals surface area contributed by atoms with Crippen LogP contribution < -0.4 is 5.32 Å². The van der Waals surface area contributed by atoms with Crippen molar-refractivity contribution >= 4 is 5.97 Å². The Hall–Kier alpha value is -1.42. The van der Waals surface area contributed by atoms with Gasteiger partial charge in [-0.1, -0.05) is 6.07 Å². The molecular formula is C13H20N2O2. The third-order valence-corrected chi connectivity index (χ3v) is 2.59. The first-order valence-corrected chi connectivity index (χ1v) is 5.75. The second-order valence-corrected chi connectivity index (χ2v) is 4.62. The minimum Gasteiger partial charge on any atom is -0.469 e. The fraction of sp³-hybridized carbons (Fsp3) is 0.538. The largest absolute Gasteiger partial charge is 0.469 e. The molecule has 0 aromatic carbocycles. The molecule has 0 aliphatic carbocycles. The van der Waals surface area contributed by atoms with E-state index in [0.29, 0.717) is 6.54 Å². The summed E-state index contributed by atoms with van der Waals surface area (Å²) in [5.41, 5.74) is 0.564. The fourth-order valence-corrected chi connectivity index (χ4v) is 1.51. The van der Waals surface area contributed by atoms with E-state index in [-0.39, 0.29) is 5.97 Å². The molecule has 0 saturated carbocycles. The molecule has 4 heteroatoms. The van der Waals surface area contributed by atoms with Gasteiger partial charge in [-0.3, -0.25) is 9.78 Å². The van der Waals surface area contributed by atoms with Gasteiger partial charge in [0, 0.05) is 31.4 Å². The Bertz CT molecular complexity index is 350. The highest BCUT2D eigenvalue weighted by Gasteiger charge is 2.27. The number of nitrogens with one attached hydrogen (secondary N) is 1. The van der Waals surface area contributed by atoms with Crippen LogP contribution in [0, 0.1) is 5.41 Å². The zero-order valence-corrected chi connectivity index (χ0v) is 10.7. The summed E-state index contributed by atoms with van der Waals surface area (Å²) in [4.78, 5) is 15.7. The maximum absolute atomic E-state index is 11.4. The van der Waals surface area contributed by atoms with Crippen molar-refractivity contribution in [3.63, 3.8) is 0 Å². The van der Waals surface area contributed by atoms with Gasteiger partial charge < -0.3 is 10.1 Å². The molecule has 0 spiro atoms. The molecule has 0 aliphatic rings. The van der Waals surface area contributed by atoms with E-state index in [2.05, 4.69) is 10.3 Å². The van der Waals surface area contributed by atoms with Gasteiger partial charge in [-0.2, -0.15) is 0 Å². The molecular weight excluding hydrogens is 216 g/mol. The Morgan fingerprint density at radius 3 is 2.82 bits per heavy atom. The third kappa shape index (κ3) is 4.53. The number of ether oxygens (including phenoxy) is 1. The summed E-state index contributed by atoms with van der Waals surface area (Å²) in [6, 6.07) is 5.87. The normalized spacial score (nSPS) is 11.2. The van der Waals surface area contributed by atoms with Crippen molar-refractivity contribution in [3.05, 3.63) is 30.1 Å². The van der Waals surface area contributed by atoms with Gasteiger partial charge in [-0.05, 0) is 26.0 Å². The molecule has 0 atom stereocenters. The van der Waals surface area contributed by atoms with Crippen LogP contribution >= 0.6 is 0 Å². The van der Waals surface area contributed by atoms with Crippen LogP contribution in [0.5, 0.6) is 0 Å². The first kappa shape index (κ1) is 13.6. The van der Waals surface area contributed by atoms with Crippen LogP contribution in [-0.4, -0.2) is 31.2 Å². The molecule has 0 amide bonds. The quantitative estimate of drug-likeness (QED) is 0.599. The summed E-state index contributed by atoms with van der Waals surface area (Å²) in [5, 5.41) is 3.25. The van der Waals surface area contributed by atoms with Gasteiger partial charge in [0.15, 0.2) is 0 Å². The first-order chi connectivity index (χ1) is 8.06. The number of aromatic nitrogens is 1. The third-order valence-electron chi connectivity index (χ3n) is 2.59. The van der Waals surface area contributed by atoms with E-state index in [4.69, 9.17) is 4.74 Å². The van der Waals surface area contributed by atoms with Crippen LogP contribution in [0.25, 0.3) is 0 Å². The summed E-state index contributed by atoms with van der Waals surface area (Å²) in [6.07, 6.45) is 2.64. The molecule has 0 fully saturated rings. The van der Waals surface area contributed by atoms with E-state index in [0.717, 1.165) is 18.7 Å². The van der Waals surface area contributed by atoms with E-state index in [1.54, 1.807) is 6.20 Å². The van der Waals surface area contributed by atoms with Crippen molar-refractivity contribution in [2.24, 2.45) is 5.41 Å². The van der Waals surface area contributed by atoms with Crippen LogP contribution in [0.2, 0.25) is 0 Å². The predicted octanol–water partition coefficient (Wildman–Crippen LogP) is 1.41. The number of carbonyl (C=O) groups excluding carboxylic acids is 1. The van der Waals surface area contributed by atoms with Crippen LogP contribution in [0.15, 0.2) is 24.4 Å². The van der Waals surface area contributed by atoms with Crippen LogP contribution in [0.4, 0.5) is 0 Å². The lowest BCUT2D eigenvalue weighted by atomic mass is 9.94. The molecule has 0 radical (unpaired) electrons. The average Bonchev–Trinajstić information content (AvgIpc) is 2.35. The van der Waals surface area contributed by atoms with Crippen molar-refractivity contribution in [2.75, 3.05) is 20.2 Å². The van der Waals surface area contributed by atoms with E-state index >= 15 is 0 Å². The summed E-state index contributed by atoms with van der Waals surface area (Å²) < 4.78 is 4.74. The highest BCUT2D eigenvalue weighted by atomic mass is 16.5. The maximum Gasteiger partial charge on any atom is 0.312 e. The Kier molecular flexibility index (Phi) is 5.10. The van der Waals surface area contributed by atoms with Gasteiger partial charge in [0.05, 0.1) is 12.5 Å². The monoisotopic (exact) mass is 236 g/mol. The molecule has 4 nitrogen and oxygen atoms in total. The number of hydrogen-bond acceptors (Lipinski definition) is 4. The van der Waals surface area contributed by atoms with E-state index in [1.165, 1.54) is 7.11 Å². The number of methoxy groups -OCH3 is 1. The van der Waals surface area contributed by atoms with Crippen LogP contribution in [-0.2, 0) is 16.0 Å². The smallest absolute Gasteiger partial charge is 0.312 e. The molecule has 1 heterocycles. The molecule has 17 heavy (non-hydrogen) atoms. The number of carbonyl (C=O) groups is 1. The zero-order valence-electron chi connectivity index (χ0n) is 10.7. The summed E-state index contributed by atoms with van der Waals surface area (Å²) in [6.45, 7) is 5.14. The van der Waals surface area contributed by atoms with Crippen molar-refractivity contribution < 1.29 is 9.53 Å². The van der Waals surface area contributed by atoms with Crippen molar-refractivity contribution in [2.45, 2.75) is 20.3 Å². The number of pyridine rings is 1.